The van der Waals surface area contributed by atoms with Crippen molar-refractivity contribution in [2.75, 3.05) is 5.32 Å². The molecule has 6 nitrogen and oxygen atoms in total. The van der Waals surface area contributed by atoms with E-state index >= 15 is 0 Å². The molecule has 2 amide bonds. The van der Waals surface area contributed by atoms with Gasteiger partial charge in [0.25, 0.3) is 0 Å². The molecular weight excluding hydrogens is 376 g/mol. The van der Waals surface area contributed by atoms with E-state index in [0.29, 0.717) is 22.2 Å². The predicted octanol–water partition coefficient (Wildman–Crippen LogP) is 3.80. The van der Waals surface area contributed by atoms with Gasteiger partial charge in [-0.25, -0.2) is 0 Å². The van der Waals surface area contributed by atoms with Crippen LogP contribution in [0.3, 0.4) is 0 Å². The number of aliphatic hydroxyl groups is 1. The Morgan fingerprint density at radius 3 is 2.46 bits per heavy atom. The van der Waals surface area contributed by atoms with Crippen LogP contribution in [0.5, 0.6) is 0 Å². The molecule has 0 unspecified atom stereocenters. The summed E-state index contributed by atoms with van der Waals surface area (Å²) < 4.78 is 5.20. The molecule has 3 rings (SSSR count). The maximum absolute atomic E-state index is 12.0. The molecule has 0 spiro atoms. The second kappa shape index (κ2) is 8.86. The second-order valence-electron chi connectivity index (χ2n) is 6.64. The average Bonchev–Trinajstić information content (AvgIpc) is 3.38. The van der Waals surface area contributed by atoms with Crippen LogP contribution in [0, 0.1) is 0 Å². The quantitative estimate of drug-likeness (QED) is 0.551. The van der Waals surface area contributed by atoms with E-state index in [2.05, 4.69) is 24.5 Å². The molecule has 0 saturated heterocycles. The summed E-state index contributed by atoms with van der Waals surface area (Å²) in [4.78, 5) is 25.6. The van der Waals surface area contributed by atoms with E-state index in [1.165, 1.54) is 17.6 Å². The van der Waals surface area contributed by atoms with E-state index in [1.54, 1.807) is 36.4 Å². The Balaban J connectivity index is 1.51. The molecule has 3 N–H and O–H groups in total. The van der Waals surface area contributed by atoms with Crippen LogP contribution < -0.4 is 10.6 Å². The van der Waals surface area contributed by atoms with Gasteiger partial charge in [-0.2, -0.15) is 0 Å². The van der Waals surface area contributed by atoms with Crippen molar-refractivity contribution >= 4 is 28.8 Å². The molecule has 2 heterocycles. The molecule has 0 aliphatic rings. The molecule has 7 heteroatoms. The van der Waals surface area contributed by atoms with Gasteiger partial charge in [0.15, 0.2) is 0 Å². The van der Waals surface area contributed by atoms with E-state index in [-0.39, 0.29) is 6.54 Å². The highest BCUT2D eigenvalue weighted by atomic mass is 32.1. The number of amides is 2. The Bertz CT molecular complexity index is 930. The summed E-state index contributed by atoms with van der Waals surface area (Å²) in [6.45, 7) is 4.38. The van der Waals surface area contributed by atoms with Crippen LogP contribution in [0.15, 0.2) is 59.2 Å². The minimum Gasteiger partial charge on any atom is -0.466 e. The first kappa shape index (κ1) is 19.9. The van der Waals surface area contributed by atoms with Crippen LogP contribution in [0.1, 0.15) is 46.9 Å². The van der Waals surface area contributed by atoms with Gasteiger partial charge in [-0.1, -0.05) is 26.0 Å². The number of carbonyl (C=O) groups excluding carboxylic acids is 2. The van der Waals surface area contributed by atoms with Crippen LogP contribution in [0.25, 0.3) is 0 Å². The van der Waals surface area contributed by atoms with Gasteiger partial charge in [0.1, 0.15) is 11.9 Å². The van der Waals surface area contributed by atoms with E-state index in [1.807, 2.05) is 12.1 Å². The summed E-state index contributed by atoms with van der Waals surface area (Å²) >= 11 is 1.34. The van der Waals surface area contributed by atoms with Crippen molar-refractivity contribution in [1.29, 1.82) is 0 Å². The fourth-order valence-electron chi connectivity index (χ4n) is 2.61. The van der Waals surface area contributed by atoms with Crippen molar-refractivity contribution in [3.8, 4) is 0 Å². The minimum atomic E-state index is -0.846. The lowest BCUT2D eigenvalue weighted by Crippen LogP contribution is -2.34. The average molecular weight is 398 g/mol. The molecule has 3 aromatic rings. The molecule has 2 aromatic heterocycles. The number of hydrogen-bond acceptors (Lipinski definition) is 5. The zero-order valence-electron chi connectivity index (χ0n) is 15.6. The molecule has 0 aliphatic heterocycles. The van der Waals surface area contributed by atoms with Crippen molar-refractivity contribution in [3.05, 3.63) is 75.9 Å². The SMILES string of the molecule is CC(C)c1ccc(NC(=O)C(=O)NCc2ccc([C@H](O)c3ccco3)s2)cc1. The Hall–Kier alpha value is -2.90. The standard InChI is InChI=1S/C21H22N2O4S/c1-13(2)14-5-7-15(8-6-14)23-21(26)20(25)22-12-16-9-10-18(28-16)19(24)17-4-3-11-27-17/h3-11,13,19,24H,12H2,1-2H3,(H,22,25)(H,23,26)/t19-/m1/s1. The highest BCUT2D eigenvalue weighted by Crippen LogP contribution is 2.28. The van der Waals surface area contributed by atoms with Crippen molar-refractivity contribution in [2.24, 2.45) is 0 Å². The monoisotopic (exact) mass is 398 g/mol. The number of rotatable bonds is 6. The van der Waals surface area contributed by atoms with Crippen molar-refractivity contribution in [1.82, 2.24) is 5.32 Å². The van der Waals surface area contributed by atoms with Crippen LogP contribution in [0.2, 0.25) is 0 Å². The molecular formula is C21H22N2O4S. The first-order valence-corrected chi connectivity index (χ1v) is 9.75. The fraction of sp³-hybridized carbons (Fsp3) is 0.238. The normalized spacial score (nSPS) is 12.0. The Morgan fingerprint density at radius 2 is 1.82 bits per heavy atom. The zero-order valence-corrected chi connectivity index (χ0v) is 16.5. The van der Waals surface area contributed by atoms with Gasteiger partial charge in [0, 0.05) is 15.4 Å². The summed E-state index contributed by atoms with van der Waals surface area (Å²) in [6, 6.07) is 14.4. The largest absolute Gasteiger partial charge is 0.466 e. The number of carbonyl (C=O) groups is 2. The smallest absolute Gasteiger partial charge is 0.313 e. The number of thiophene rings is 1. The van der Waals surface area contributed by atoms with Gasteiger partial charge in [-0.15, -0.1) is 11.3 Å². The fourth-order valence-corrected chi connectivity index (χ4v) is 3.56. The third-order valence-corrected chi connectivity index (χ3v) is 5.37. The number of benzene rings is 1. The summed E-state index contributed by atoms with van der Waals surface area (Å²) in [5, 5.41) is 15.4. The van der Waals surface area contributed by atoms with Crippen LogP contribution in [-0.2, 0) is 16.1 Å². The summed E-state index contributed by atoms with van der Waals surface area (Å²) in [5.41, 5.74) is 1.73. The van der Waals surface area contributed by atoms with E-state index in [9.17, 15) is 14.7 Å². The van der Waals surface area contributed by atoms with Gasteiger partial charge in [0.2, 0.25) is 0 Å². The predicted molar refractivity (Wildman–Crippen MR) is 108 cm³/mol. The molecule has 1 aromatic carbocycles. The molecule has 0 radical (unpaired) electrons. The molecule has 0 bridgehead atoms. The number of aliphatic hydroxyl groups excluding tert-OH is 1. The van der Waals surface area contributed by atoms with Crippen molar-refractivity contribution < 1.29 is 19.1 Å². The first-order chi connectivity index (χ1) is 13.4. The molecule has 146 valence electrons. The van der Waals surface area contributed by atoms with Crippen LogP contribution in [-0.4, -0.2) is 16.9 Å². The lowest BCUT2D eigenvalue weighted by atomic mass is 10.0. The van der Waals surface area contributed by atoms with Gasteiger partial charge >= 0.3 is 11.8 Å². The molecule has 0 fully saturated rings. The third kappa shape index (κ3) is 4.88. The Labute approximate surface area is 167 Å². The molecule has 0 aliphatic carbocycles. The maximum Gasteiger partial charge on any atom is 0.313 e. The minimum absolute atomic E-state index is 0.202. The van der Waals surface area contributed by atoms with E-state index in [4.69, 9.17) is 4.42 Å². The molecule has 28 heavy (non-hydrogen) atoms. The lowest BCUT2D eigenvalue weighted by molar-refractivity contribution is -0.136. The topological polar surface area (TPSA) is 91.6 Å². The molecule has 0 saturated carbocycles. The zero-order chi connectivity index (χ0) is 20.1. The van der Waals surface area contributed by atoms with Gasteiger partial charge in [0.05, 0.1) is 12.8 Å². The van der Waals surface area contributed by atoms with Crippen molar-refractivity contribution in [3.63, 3.8) is 0 Å². The number of nitrogens with one attached hydrogen (secondary N) is 2. The number of anilines is 1. The summed E-state index contributed by atoms with van der Waals surface area (Å²) in [7, 11) is 0. The van der Waals surface area contributed by atoms with E-state index in [0.717, 1.165) is 10.4 Å². The lowest BCUT2D eigenvalue weighted by Gasteiger charge is -2.08. The summed E-state index contributed by atoms with van der Waals surface area (Å²) in [5.74, 6) is -0.575. The highest BCUT2D eigenvalue weighted by molar-refractivity contribution is 7.12. The van der Waals surface area contributed by atoms with Crippen LogP contribution >= 0.6 is 11.3 Å². The first-order valence-electron chi connectivity index (χ1n) is 8.93. The second-order valence-corrected chi connectivity index (χ2v) is 7.84. The van der Waals surface area contributed by atoms with Crippen molar-refractivity contribution in [2.45, 2.75) is 32.4 Å². The third-order valence-electron chi connectivity index (χ3n) is 4.23. The number of hydrogen-bond donors (Lipinski definition) is 3. The Kier molecular flexibility index (Phi) is 6.28. The van der Waals surface area contributed by atoms with Crippen LogP contribution in [0.4, 0.5) is 5.69 Å². The van der Waals surface area contributed by atoms with E-state index < -0.39 is 17.9 Å². The number of furan rings is 1. The highest BCUT2D eigenvalue weighted by Gasteiger charge is 2.17. The van der Waals surface area contributed by atoms with Gasteiger partial charge < -0.3 is 20.2 Å². The molecule has 1 atom stereocenters. The maximum atomic E-state index is 12.0. The summed E-state index contributed by atoms with van der Waals surface area (Å²) in [6.07, 6.45) is 0.656. The van der Waals surface area contributed by atoms with Gasteiger partial charge in [-0.3, -0.25) is 9.59 Å². The van der Waals surface area contributed by atoms with Gasteiger partial charge in [-0.05, 0) is 47.9 Å². The Morgan fingerprint density at radius 1 is 1.07 bits per heavy atom.